The summed E-state index contributed by atoms with van der Waals surface area (Å²) >= 11 is 0. The Balaban J connectivity index is 1.38. The third kappa shape index (κ3) is 3.73. The second kappa shape index (κ2) is 7.40. The van der Waals surface area contributed by atoms with Gasteiger partial charge in [-0.2, -0.15) is 0 Å². The van der Waals surface area contributed by atoms with E-state index in [1.165, 1.54) is 24.0 Å². The van der Waals surface area contributed by atoms with Gasteiger partial charge in [0.25, 0.3) is 0 Å². The first-order valence-electron chi connectivity index (χ1n) is 10.9. The van der Waals surface area contributed by atoms with E-state index in [4.69, 9.17) is 14.3 Å². The summed E-state index contributed by atoms with van der Waals surface area (Å²) in [6, 6.07) is 14.8. The van der Waals surface area contributed by atoms with Gasteiger partial charge in [0.1, 0.15) is 11.7 Å². The molecule has 1 fully saturated rings. The number of hydrogen-bond donors (Lipinski definition) is 0. The number of oxime groups is 1. The molecule has 1 aliphatic heterocycles. The quantitative estimate of drug-likeness (QED) is 0.680. The molecule has 0 unspecified atom stereocenters. The van der Waals surface area contributed by atoms with Crippen molar-refractivity contribution in [3.8, 4) is 11.5 Å². The first kappa shape index (κ1) is 18.5. The van der Waals surface area contributed by atoms with Gasteiger partial charge in [0.2, 0.25) is 0 Å². The number of rotatable bonds is 5. The fourth-order valence-electron chi connectivity index (χ4n) is 4.88. The van der Waals surface area contributed by atoms with Crippen molar-refractivity contribution in [2.75, 3.05) is 0 Å². The number of ether oxygens (including phenoxy) is 2. The summed E-state index contributed by atoms with van der Waals surface area (Å²) in [5.41, 5.74) is 4.82. The van der Waals surface area contributed by atoms with Crippen LogP contribution in [0.3, 0.4) is 0 Å². The van der Waals surface area contributed by atoms with Crippen LogP contribution in [-0.4, -0.2) is 23.5 Å². The number of benzene rings is 2. The van der Waals surface area contributed by atoms with Crippen molar-refractivity contribution in [1.82, 2.24) is 0 Å². The molecular formula is C25H29NO3. The van der Waals surface area contributed by atoms with Crippen LogP contribution in [-0.2, 0) is 17.7 Å². The molecule has 0 amide bonds. The van der Waals surface area contributed by atoms with Gasteiger partial charge in [0, 0.05) is 24.8 Å². The molecule has 1 heterocycles. The fraction of sp³-hybridized carbons (Fsp3) is 0.480. The van der Waals surface area contributed by atoms with Crippen LogP contribution in [0.4, 0.5) is 0 Å². The van der Waals surface area contributed by atoms with E-state index in [0.29, 0.717) is 0 Å². The lowest BCUT2D eigenvalue weighted by Crippen LogP contribution is -2.24. The predicted molar refractivity (Wildman–Crippen MR) is 114 cm³/mol. The fourth-order valence-corrected chi connectivity index (χ4v) is 4.88. The number of hydrogen-bond acceptors (Lipinski definition) is 4. The van der Waals surface area contributed by atoms with E-state index in [1.54, 1.807) is 0 Å². The van der Waals surface area contributed by atoms with Gasteiger partial charge in [-0.3, -0.25) is 0 Å². The summed E-state index contributed by atoms with van der Waals surface area (Å²) in [5, 5.41) is 4.46. The molecule has 29 heavy (non-hydrogen) atoms. The molecule has 4 nitrogen and oxygen atoms in total. The molecule has 5 rings (SSSR count). The largest absolute Gasteiger partial charge is 0.487 e. The molecule has 0 N–H and O–H groups in total. The molecule has 0 bridgehead atoms. The van der Waals surface area contributed by atoms with Crippen molar-refractivity contribution in [2.24, 2.45) is 5.16 Å². The lowest BCUT2D eigenvalue weighted by atomic mass is 9.93. The maximum absolute atomic E-state index is 6.49. The molecule has 0 radical (unpaired) electrons. The Kier molecular flexibility index (Phi) is 4.73. The van der Waals surface area contributed by atoms with Gasteiger partial charge in [-0.25, -0.2) is 0 Å². The van der Waals surface area contributed by atoms with Crippen molar-refractivity contribution in [2.45, 2.75) is 76.6 Å². The second-order valence-electron chi connectivity index (χ2n) is 8.94. The van der Waals surface area contributed by atoms with Crippen LogP contribution in [0.5, 0.6) is 11.5 Å². The van der Waals surface area contributed by atoms with E-state index in [1.807, 2.05) is 19.9 Å². The number of fused-ring (bicyclic) bond motifs is 1. The molecule has 0 atom stereocenters. The van der Waals surface area contributed by atoms with Gasteiger partial charge in [0.05, 0.1) is 11.8 Å². The minimum atomic E-state index is -0.0590. The van der Waals surface area contributed by atoms with Gasteiger partial charge in [-0.15, -0.1) is 0 Å². The van der Waals surface area contributed by atoms with Crippen molar-refractivity contribution in [3.63, 3.8) is 0 Å². The molecule has 1 saturated carbocycles. The van der Waals surface area contributed by atoms with Crippen molar-refractivity contribution in [3.05, 3.63) is 59.2 Å². The molecule has 2 aromatic rings. The van der Waals surface area contributed by atoms with Gasteiger partial charge < -0.3 is 14.3 Å². The first-order valence-corrected chi connectivity index (χ1v) is 10.9. The van der Waals surface area contributed by atoms with Gasteiger partial charge in [-0.05, 0) is 68.9 Å². The third-order valence-corrected chi connectivity index (χ3v) is 6.30. The standard InChI is InChI=1S/C25H29NO3/c1-17(2)27-23-10-9-20(22-16-25(29-26-22)11-5-6-12-25)15-24(23)28-21-13-18-7-3-4-8-19(18)14-21/h3-4,7-10,15,17,21H,5-6,11-14,16H2,1-2H3. The van der Waals surface area contributed by atoms with Crippen LogP contribution in [0.1, 0.15) is 62.6 Å². The molecule has 4 heteroatoms. The third-order valence-electron chi connectivity index (χ3n) is 6.30. The summed E-state index contributed by atoms with van der Waals surface area (Å²) in [4.78, 5) is 5.89. The minimum absolute atomic E-state index is 0.0590. The monoisotopic (exact) mass is 391 g/mol. The van der Waals surface area contributed by atoms with E-state index in [2.05, 4.69) is 41.6 Å². The molecule has 1 spiro atoms. The first-order chi connectivity index (χ1) is 14.1. The average molecular weight is 392 g/mol. The van der Waals surface area contributed by atoms with Crippen LogP contribution < -0.4 is 9.47 Å². The zero-order valence-electron chi connectivity index (χ0n) is 17.3. The highest BCUT2D eigenvalue weighted by molar-refractivity contribution is 6.02. The van der Waals surface area contributed by atoms with Crippen molar-refractivity contribution < 1.29 is 14.3 Å². The van der Waals surface area contributed by atoms with Crippen LogP contribution in [0, 0.1) is 0 Å². The zero-order valence-corrected chi connectivity index (χ0v) is 17.3. The summed E-state index contributed by atoms with van der Waals surface area (Å²) < 4.78 is 12.5. The van der Waals surface area contributed by atoms with Crippen LogP contribution in [0.25, 0.3) is 0 Å². The maximum Gasteiger partial charge on any atom is 0.162 e. The molecule has 0 aromatic heterocycles. The lowest BCUT2D eigenvalue weighted by molar-refractivity contribution is -0.0126. The Labute approximate surface area is 172 Å². The zero-order chi connectivity index (χ0) is 19.8. The van der Waals surface area contributed by atoms with Crippen LogP contribution >= 0.6 is 0 Å². The molecule has 2 aliphatic carbocycles. The van der Waals surface area contributed by atoms with Crippen LogP contribution in [0.2, 0.25) is 0 Å². The Morgan fingerprint density at radius 3 is 2.41 bits per heavy atom. The highest BCUT2D eigenvalue weighted by atomic mass is 16.7. The van der Waals surface area contributed by atoms with E-state index >= 15 is 0 Å². The van der Waals surface area contributed by atoms with Gasteiger partial charge in [-0.1, -0.05) is 29.4 Å². The smallest absolute Gasteiger partial charge is 0.162 e. The van der Waals surface area contributed by atoms with E-state index < -0.39 is 0 Å². The van der Waals surface area contributed by atoms with Crippen molar-refractivity contribution in [1.29, 1.82) is 0 Å². The molecule has 3 aliphatic rings. The average Bonchev–Trinajstić information content (AvgIpc) is 3.43. The Hall–Kier alpha value is -2.49. The lowest BCUT2D eigenvalue weighted by Gasteiger charge is -2.20. The summed E-state index contributed by atoms with van der Waals surface area (Å²) in [6.45, 7) is 4.09. The van der Waals surface area contributed by atoms with E-state index in [9.17, 15) is 0 Å². The topological polar surface area (TPSA) is 40.0 Å². The van der Waals surface area contributed by atoms with Crippen molar-refractivity contribution >= 4 is 5.71 Å². The van der Waals surface area contributed by atoms with E-state index in [-0.39, 0.29) is 17.8 Å². The molecule has 0 saturated heterocycles. The van der Waals surface area contributed by atoms with Gasteiger partial charge >= 0.3 is 0 Å². The van der Waals surface area contributed by atoms with Crippen LogP contribution in [0.15, 0.2) is 47.6 Å². The Morgan fingerprint density at radius 1 is 1.00 bits per heavy atom. The Bertz CT molecular complexity index is 902. The van der Waals surface area contributed by atoms with E-state index in [0.717, 1.165) is 54.9 Å². The summed E-state index contributed by atoms with van der Waals surface area (Å²) in [6.07, 6.45) is 7.70. The maximum atomic E-state index is 6.49. The molecule has 2 aromatic carbocycles. The normalized spacial score (nSPS) is 20.0. The predicted octanol–water partition coefficient (Wildman–Crippen LogP) is 5.46. The molecular weight excluding hydrogens is 362 g/mol. The summed E-state index contributed by atoms with van der Waals surface area (Å²) in [5.74, 6) is 1.61. The van der Waals surface area contributed by atoms with Gasteiger partial charge in [0.15, 0.2) is 11.5 Å². The highest BCUT2D eigenvalue weighted by Crippen LogP contribution is 2.42. The molecule has 152 valence electrons. The second-order valence-corrected chi connectivity index (χ2v) is 8.94. The SMILES string of the molecule is CC(C)Oc1ccc(C2=NOC3(CCCC3)C2)cc1OC1Cc2ccccc2C1. The summed E-state index contributed by atoms with van der Waals surface area (Å²) in [7, 11) is 0. The highest BCUT2D eigenvalue weighted by Gasteiger charge is 2.42. The Morgan fingerprint density at radius 2 is 1.72 bits per heavy atom. The number of nitrogens with zero attached hydrogens (tertiary/aromatic N) is 1. The minimum Gasteiger partial charge on any atom is -0.487 e.